The Kier molecular flexibility index (Phi) is 17.7. The second-order valence-corrected chi connectivity index (χ2v) is 14.7. The van der Waals surface area contributed by atoms with E-state index in [-0.39, 0.29) is 31.1 Å². The van der Waals surface area contributed by atoms with Gasteiger partial charge in [-0.15, -0.1) is 0 Å². The number of carbonyl (C=O) groups is 5. The van der Waals surface area contributed by atoms with E-state index in [0.29, 0.717) is 54.7 Å². The van der Waals surface area contributed by atoms with Gasteiger partial charge in [0.15, 0.2) is 12.2 Å². The van der Waals surface area contributed by atoms with Gasteiger partial charge in [-0.1, -0.05) is 54.6 Å². The van der Waals surface area contributed by atoms with Gasteiger partial charge in [0.05, 0.1) is 6.61 Å². The third kappa shape index (κ3) is 15.0. The molecule has 0 radical (unpaired) electrons. The van der Waals surface area contributed by atoms with Gasteiger partial charge in [0.25, 0.3) is 0 Å². The summed E-state index contributed by atoms with van der Waals surface area (Å²) in [6.07, 6.45) is -5.86. The quantitative estimate of drug-likeness (QED) is 0.0556. The Hall–Kier alpha value is -6.65. The molecule has 0 saturated carbocycles. The van der Waals surface area contributed by atoms with Crippen molar-refractivity contribution < 1.29 is 66.6 Å². The van der Waals surface area contributed by atoms with Crippen molar-refractivity contribution in [1.82, 2.24) is 5.32 Å². The monoisotopic (exact) mass is 870 g/mol. The molecule has 1 fully saturated rings. The minimum atomic E-state index is -1.51. The zero-order valence-corrected chi connectivity index (χ0v) is 36.0. The van der Waals surface area contributed by atoms with E-state index in [9.17, 15) is 24.0 Å². The number of hydrogen-bond donors (Lipinski definition) is 2. The lowest BCUT2D eigenvalue weighted by molar-refractivity contribution is -0.288. The van der Waals surface area contributed by atoms with Gasteiger partial charge in [0.1, 0.15) is 48.1 Å². The molecule has 0 aliphatic carbocycles. The van der Waals surface area contributed by atoms with Crippen molar-refractivity contribution in [1.29, 1.82) is 0 Å². The van der Waals surface area contributed by atoms with Crippen molar-refractivity contribution >= 4 is 29.8 Å². The average molecular weight is 871 g/mol. The summed E-state index contributed by atoms with van der Waals surface area (Å²) in [5.41, 5.74) is 8.29. The molecule has 63 heavy (non-hydrogen) atoms. The van der Waals surface area contributed by atoms with Gasteiger partial charge in [0.2, 0.25) is 18.3 Å². The number of nitrogens with one attached hydrogen (secondary N) is 1. The van der Waals surface area contributed by atoms with E-state index in [2.05, 4.69) is 5.32 Å². The number of carbonyl (C=O) groups excluding carboxylic acids is 5. The highest BCUT2D eigenvalue weighted by molar-refractivity contribution is 5.73. The third-order valence-electron chi connectivity index (χ3n) is 9.54. The minimum Gasteiger partial charge on any atom is -0.493 e. The highest BCUT2D eigenvalue weighted by Gasteiger charge is 2.53. The molecule has 4 aromatic carbocycles. The van der Waals surface area contributed by atoms with Crippen LogP contribution in [0.25, 0.3) is 0 Å². The summed E-state index contributed by atoms with van der Waals surface area (Å²) in [4.78, 5) is 60.6. The third-order valence-corrected chi connectivity index (χ3v) is 9.54. The molecular weight excluding hydrogens is 817 g/mol. The second-order valence-electron chi connectivity index (χ2n) is 14.7. The van der Waals surface area contributed by atoms with E-state index >= 15 is 0 Å². The van der Waals surface area contributed by atoms with Crippen molar-refractivity contribution in [2.24, 2.45) is 5.73 Å². The van der Waals surface area contributed by atoms with Crippen LogP contribution in [-0.2, 0) is 60.7 Å². The molecule has 1 amide bonds. The summed E-state index contributed by atoms with van der Waals surface area (Å²) in [6, 6.07) is 27.9. The van der Waals surface area contributed by atoms with Gasteiger partial charge in [-0.2, -0.15) is 0 Å². The number of nitrogens with two attached hydrogens (primary N) is 1. The standard InChI is InChI=1S/C47H54N2O14/c1-29-23-38(57-27-34-13-8-6-9-14-34)26-41(62-47-46(60-33(5)53)45(59-32(4)52)44(58-31(3)51)42(63-47)28-56-30(2)50)39(29)24-35-17-18-37(55-22-12-20-49-21-19-43(48)54)25-40(35)61-36-15-10-7-11-16-36/h6-11,13-18,23,25-26,42,44-47,49H,12,19-22,24,27-28H2,1-5H3,(H2,48,54)/t42-,44-,45+,46-,47-/m1/s1. The number of primary amides is 1. The molecule has 336 valence electrons. The number of amides is 1. The van der Waals surface area contributed by atoms with E-state index < -0.39 is 61.2 Å². The molecule has 3 N–H and O–H groups in total. The highest BCUT2D eigenvalue weighted by atomic mass is 16.7. The molecule has 1 aliphatic rings. The second kappa shape index (κ2) is 23.5. The summed E-state index contributed by atoms with van der Waals surface area (Å²) >= 11 is 0. The van der Waals surface area contributed by atoms with E-state index in [4.69, 9.17) is 48.4 Å². The molecule has 16 heteroatoms. The Morgan fingerprint density at radius 1 is 0.683 bits per heavy atom. The molecule has 0 aromatic heterocycles. The van der Waals surface area contributed by atoms with Crippen LogP contribution in [-0.4, -0.2) is 86.8 Å². The lowest BCUT2D eigenvalue weighted by Gasteiger charge is -2.44. The molecule has 0 bridgehead atoms. The van der Waals surface area contributed by atoms with Gasteiger partial charge < -0.3 is 53.7 Å². The number of rotatable bonds is 22. The molecule has 5 atom stereocenters. The number of para-hydroxylation sites is 1. The van der Waals surface area contributed by atoms with Crippen LogP contribution in [0.4, 0.5) is 0 Å². The summed E-state index contributed by atoms with van der Waals surface area (Å²) in [5, 5.41) is 3.17. The van der Waals surface area contributed by atoms with Crippen LogP contribution in [0, 0.1) is 6.92 Å². The predicted molar refractivity (Wildman–Crippen MR) is 227 cm³/mol. The molecule has 1 aliphatic heterocycles. The molecular formula is C47H54N2O14. The predicted octanol–water partition coefficient (Wildman–Crippen LogP) is 5.65. The molecule has 16 nitrogen and oxygen atoms in total. The first-order valence-corrected chi connectivity index (χ1v) is 20.5. The van der Waals surface area contributed by atoms with Crippen molar-refractivity contribution in [3.8, 4) is 28.7 Å². The lowest BCUT2D eigenvalue weighted by atomic mass is 9.97. The van der Waals surface area contributed by atoms with Gasteiger partial charge in [0, 0.05) is 64.8 Å². The summed E-state index contributed by atoms with van der Waals surface area (Å²) < 4.78 is 54.0. The number of benzene rings is 4. The van der Waals surface area contributed by atoms with Crippen LogP contribution < -0.4 is 30.0 Å². The van der Waals surface area contributed by atoms with Crippen molar-refractivity contribution in [3.63, 3.8) is 0 Å². The van der Waals surface area contributed by atoms with Crippen LogP contribution in [0.2, 0.25) is 0 Å². The van der Waals surface area contributed by atoms with E-state index in [1.807, 2.05) is 85.8 Å². The SMILES string of the molecule is CC(=O)OC[C@H]1O[C@@H](Oc2cc(OCc3ccccc3)cc(C)c2Cc2ccc(OCCCNCCC(N)=O)cc2Oc2ccccc2)[C@H](OC(C)=O)[C@@H](OC(C)=O)[C@@H]1OC(C)=O. The maximum atomic E-state index is 12.7. The van der Waals surface area contributed by atoms with Gasteiger partial charge in [-0.3, -0.25) is 24.0 Å². The van der Waals surface area contributed by atoms with Crippen LogP contribution in [0.15, 0.2) is 91.0 Å². The molecule has 1 heterocycles. The van der Waals surface area contributed by atoms with Crippen molar-refractivity contribution in [2.75, 3.05) is 26.3 Å². The van der Waals surface area contributed by atoms with Gasteiger partial charge in [-0.05, 0) is 60.8 Å². The average Bonchev–Trinajstić information content (AvgIpc) is 3.23. The molecule has 0 unspecified atom stereocenters. The highest BCUT2D eigenvalue weighted by Crippen LogP contribution is 2.39. The Labute approximate surface area is 366 Å². The number of ether oxygens (including phenoxy) is 9. The fourth-order valence-corrected chi connectivity index (χ4v) is 6.71. The van der Waals surface area contributed by atoms with Crippen LogP contribution in [0.3, 0.4) is 0 Å². The Morgan fingerprint density at radius 3 is 2.00 bits per heavy atom. The largest absolute Gasteiger partial charge is 0.493 e. The zero-order valence-electron chi connectivity index (χ0n) is 36.0. The van der Waals surface area contributed by atoms with Gasteiger partial charge >= 0.3 is 23.9 Å². The first kappa shape index (κ1) is 47.4. The summed E-state index contributed by atoms with van der Waals surface area (Å²) in [5.74, 6) is -0.977. The first-order chi connectivity index (χ1) is 30.2. The Balaban J connectivity index is 1.54. The maximum absolute atomic E-state index is 12.7. The van der Waals surface area contributed by atoms with Crippen molar-refractivity contribution in [3.05, 3.63) is 113 Å². The number of esters is 4. The van der Waals surface area contributed by atoms with Crippen LogP contribution >= 0.6 is 0 Å². The molecule has 4 aromatic rings. The smallest absolute Gasteiger partial charge is 0.303 e. The maximum Gasteiger partial charge on any atom is 0.303 e. The Morgan fingerprint density at radius 2 is 1.33 bits per heavy atom. The fraction of sp³-hybridized carbons (Fsp3) is 0.383. The molecule has 1 saturated heterocycles. The topological polar surface area (TPSA) is 206 Å². The number of hydrogen-bond acceptors (Lipinski definition) is 15. The minimum absolute atomic E-state index is 0.234. The first-order valence-electron chi connectivity index (χ1n) is 20.5. The fourth-order valence-electron chi connectivity index (χ4n) is 6.71. The number of aryl methyl sites for hydroxylation is 1. The summed E-state index contributed by atoms with van der Waals surface area (Å²) in [7, 11) is 0. The Bertz CT molecular complexity index is 2170. The van der Waals surface area contributed by atoms with Crippen molar-refractivity contribution in [2.45, 2.75) is 91.2 Å². The molecule has 5 rings (SSSR count). The van der Waals surface area contributed by atoms with E-state index in [1.54, 1.807) is 12.1 Å². The van der Waals surface area contributed by atoms with E-state index in [0.717, 1.165) is 37.5 Å². The molecule has 0 spiro atoms. The lowest BCUT2D eigenvalue weighted by Crippen LogP contribution is -2.63. The summed E-state index contributed by atoms with van der Waals surface area (Å²) in [6.45, 7) is 7.85. The van der Waals surface area contributed by atoms with Gasteiger partial charge in [-0.25, -0.2) is 0 Å². The van der Waals surface area contributed by atoms with Crippen LogP contribution in [0.5, 0.6) is 28.7 Å². The van der Waals surface area contributed by atoms with E-state index in [1.165, 1.54) is 6.92 Å². The normalized spacial score (nSPS) is 18.0. The van der Waals surface area contributed by atoms with Crippen LogP contribution in [0.1, 0.15) is 62.8 Å². The zero-order chi connectivity index (χ0) is 45.3.